The molecule has 0 fully saturated rings. The molecule has 0 spiro atoms. The van der Waals surface area contributed by atoms with Crippen LogP contribution in [0.1, 0.15) is 35.7 Å². The quantitative estimate of drug-likeness (QED) is 0.908. The number of hydrogen-bond donors (Lipinski definition) is 2. The normalized spacial score (nSPS) is 18.2. The minimum Gasteiger partial charge on any atom is -0.385 e. The van der Waals surface area contributed by atoms with Gasteiger partial charge >= 0.3 is 6.18 Å². The van der Waals surface area contributed by atoms with Gasteiger partial charge < -0.3 is 10.6 Å². The van der Waals surface area contributed by atoms with E-state index in [0.717, 1.165) is 30.6 Å². The lowest BCUT2D eigenvalue weighted by atomic mass is 10.0. The van der Waals surface area contributed by atoms with Crippen molar-refractivity contribution in [3.05, 3.63) is 47.3 Å². The van der Waals surface area contributed by atoms with Gasteiger partial charge in [0.2, 0.25) is 0 Å². The lowest BCUT2D eigenvalue weighted by Gasteiger charge is -2.19. The Bertz CT molecular complexity index is 678. The molecule has 1 aliphatic rings. The van der Waals surface area contributed by atoms with Gasteiger partial charge in [-0.25, -0.2) is 0 Å². The highest BCUT2D eigenvalue weighted by Gasteiger charge is 2.36. The topological polar surface area (TPSA) is 41.9 Å². The first kappa shape index (κ1) is 15.9. The van der Waals surface area contributed by atoms with Crippen LogP contribution < -0.4 is 10.6 Å². The van der Waals surface area contributed by atoms with Crippen molar-refractivity contribution < 1.29 is 13.2 Å². The van der Waals surface area contributed by atoms with Crippen LogP contribution in [0.4, 0.5) is 18.9 Å². The van der Waals surface area contributed by atoms with Crippen molar-refractivity contribution in [1.29, 1.82) is 0 Å². The largest absolute Gasteiger partial charge is 0.435 e. The third-order valence-electron chi connectivity index (χ3n) is 4.03. The summed E-state index contributed by atoms with van der Waals surface area (Å²) in [4.78, 5) is 0. The van der Waals surface area contributed by atoms with Crippen molar-refractivity contribution in [3.8, 4) is 0 Å². The highest BCUT2D eigenvalue weighted by molar-refractivity contribution is 5.53. The SMILES string of the molecule is Cn1cc(CN[C@@H]2CCCNc3ccccc32)c(C(F)(F)F)n1. The van der Waals surface area contributed by atoms with E-state index in [4.69, 9.17) is 0 Å². The van der Waals surface area contributed by atoms with E-state index in [-0.39, 0.29) is 18.2 Å². The third-order valence-corrected chi connectivity index (χ3v) is 4.03. The Labute approximate surface area is 132 Å². The van der Waals surface area contributed by atoms with E-state index in [1.165, 1.54) is 17.9 Å². The third kappa shape index (κ3) is 3.50. The number of benzene rings is 1. The molecule has 2 heterocycles. The summed E-state index contributed by atoms with van der Waals surface area (Å²) in [5.74, 6) is 0. The van der Waals surface area contributed by atoms with Crippen molar-refractivity contribution in [2.24, 2.45) is 7.05 Å². The number of nitrogens with zero attached hydrogens (tertiary/aromatic N) is 2. The summed E-state index contributed by atoms with van der Waals surface area (Å²) in [5.41, 5.74) is 1.51. The Morgan fingerprint density at radius 1 is 1.35 bits per heavy atom. The van der Waals surface area contributed by atoms with Gasteiger partial charge in [0.1, 0.15) is 0 Å². The van der Waals surface area contributed by atoms with Gasteiger partial charge in [0, 0.05) is 43.6 Å². The smallest absolute Gasteiger partial charge is 0.385 e. The number of aromatic nitrogens is 2. The summed E-state index contributed by atoms with van der Waals surface area (Å²) in [7, 11) is 1.50. The number of rotatable bonds is 3. The molecule has 0 bridgehead atoms. The number of alkyl halides is 3. The number of halogens is 3. The first-order valence-electron chi connectivity index (χ1n) is 7.61. The molecule has 2 aromatic rings. The Morgan fingerprint density at radius 2 is 2.13 bits per heavy atom. The zero-order valence-corrected chi connectivity index (χ0v) is 12.8. The molecule has 4 nitrogen and oxygen atoms in total. The lowest BCUT2D eigenvalue weighted by Crippen LogP contribution is -2.22. The van der Waals surface area contributed by atoms with Crippen LogP contribution in [0.15, 0.2) is 30.5 Å². The predicted octanol–water partition coefficient (Wildman–Crippen LogP) is 3.48. The van der Waals surface area contributed by atoms with E-state index in [2.05, 4.69) is 15.7 Å². The van der Waals surface area contributed by atoms with E-state index in [1.54, 1.807) is 0 Å². The summed E-state index contributed by atoms with van der Waals surface area (Å²) in [5, 5.41) is 10.2. The fourth-order valence-corrected chi connectivity index (χ4v) is 3.00. The molecule has 2 N–H and O–H groups in total. The highest BCUT2D eigenvalue weighted by atomic mass is 19.4. The summed E-state index contributed by atoms with van der Waals surface area (Å²) >= 11 is 0. The molecule has 3 rings (SSSR count). The summed E-state index contributed by atoms with van der Waals surface area (Å²) in [6.45, 7) is 1.01. The molecule has 0 unspecified atom stereocenters. The van der Waals surface area contributed by atoms with E-state index >= 15 is 0 Å². The first-order valence-corrected chi connectivity index (χ1v) is 7.61. The summed E-state index contributed by atoms with van der Waals surface area (Å²) in [6, 6.07) is 7.95. The number of aryl methyl sites for hydroxylation is 1. The van der Waals surface area contributed by atoms with E-state index in [9.17, 15) is 13.2 Å². The molecule has 0 radical (unpaired) electrons. The standard InChI is InChI=1S/C16H19F3N4/c1-23-10-11(15(22-23)16(17,18)19)9-21-14-7-4-8-20-13-6-3-2-5-12(13)14/h2-3,5-6,10,14,20-21H,4,7-9H2,1H3/t14-/m1/s1. The Hall–Kier alpha value is -2.02. The van der Waals surface area contributed by atoms with Crippen molar-refractivity contribution in [1.82, 2.24) is 15.1 Å². The van der Waals surface area contributed by atoms with Crippen LogP contribution in [0.5, 0.6) is 0 Å². The van der Waals surface area contributed by atoms with Gasteiger partial charge in [0.25, 0.3) is 0 Å². The number of hydrogen-bond acceptors (Lipinski definition) is 3. The molecule has 1 aliphatic heterocycles. The van der Waals surface area contributed by atoms with Crippen LogP contribution in [0.3, 0.4) is 0 Å². The van der Waals surface area contributed by atoms with Gasteiger partial charge in [-0.1, -0.05) is 18.2 Å². The zero-order valence-electron chi connectivity index (χ0n) is 12.8. The Balaban J connectivity index is 1.79. The van der Waals surface area contributed by atoms with Crippen LogP contribution in [-0.4, -0.2) is 16.3 Å². The monoisotopic (exact) mass is 324 g/mol. The molecule has 0 saturated heterocycles. The van der Waals surface area contributed by atoms with E-state index in [1.807, 2.05) is 24.3 Å². The second-order valence-corrected chi connectivity index (χ2v) is 5.76. The average Bonchev–Trinajstić information content (AvgIpc) is 2.76. The van der Waals surface area contributed by atoms with Gasteiger partial charge in [0.05, 0.1) is 0 Å². The lowest BCUT2D eigenvalue weighted by molar-refractivity contribution is -0.142. The average molecular weight is 324 g/mol. The Kier molecular flexibility index (Phi) is 4.30. The van der Waals surface area contributed by atoms with E-state index < -0.39 is 11.9 Å². The second-order valence-electron chi connectivity index (χ2n) is 5.76. The van der Waals surface area contributed by atoms with Gasteiger partial charge in [-0.15, -0.1) is 0 Å². The highest BCUT2D eigenvalue weighted by Crippen LogP contribution is 2.32. The molecule has 1 aromatic carbocycles. The van der Waals surface area contributed by atoms with Crippen LogP contribution in [-0.2, 0) is 19.8 Å². The van der Waals surface area contributed by atoms with Gasteiger partial charge in [-0.3, -0.25) is 4.68 Å². The molecule has 1 atom stereocenters. The van der Waals surface area contributed by atoms with Crippen molar-refractivity contribution >= 4 is 5.69 Å². The second kappa shape index (κ2) is 6.23. The first-order chi connectivity index (χ1) is 10.9. The van der Waals surface area contributed by atoms with Crippen LogP contribution in [0, 0.1) is 0 Å². The summed E-state index contributed by atoms with van der Waals surface area (Å²) in [6.07, 6.45) is -1.16. The van der Waals surface area contributed by atoms with Crippen molar-refractivity contribution in [3.63, 3.8) is 0 Å². The minimum absolute atomic E-state index is 0.0301. The number of para-hydroxylation sites is 1. The molecule has 0 aliphatic carbocycles. The van der Waals surface area contributed by atoms with Crippen LogP contribution >= 0.6 is 0 Å². The molecule has 7 heteroatoms. The fraction of sp³-hybridized carbons (Fsp3) is 0.438. The molecule has 1 aromatic heterocycles. The molecule has 124 valence electrons. The minimum atomic E-state index is -4.43. The molecule has 23 heavy (non-hydrogen) atoms. The molecule has 0 saturated carbocycles. The maximum atomic E-state index is 13.0. The number of nitrogens with one attached hydrogen (secondary N) is 2. The van der Waals surface area contributed by atoms with Crippen molar-refractivity contribution in [2.75, 3.05) is 11.9 Å². The molecular weight excluding hydrogens is 305 g/mol. The summed E-state index contributed by atoms with van der Waals surface area (Å²) < 4.78 is 40.3. The maximum absolute atomic E-state index is 13.0. The van der Waals surface area contributed by atoms with Gasteiger partial charge in [-0.05, 0) is 24.5 Å². The predicted molar refractivity (Wildman–Crippen MR) is 82.0 cm³/mol. The van der Waals surface area contributed by atoms with Crippen molar-refractivity contribution in [2.45, 2.75) is 31.6 Å². The maximum Gasteiger partial charge on any atom is 0.435 e. The fourth-order valence-electron chi connectivity index (χ4n) is 3.00. The Morgan fingerprint density at radius 3 is 2.91 bits per heavy atom. The van der Waals surface area contributed by atoms with Crippen LogP contribution in [0.25, 0.3) is 0 Å². The number of anilines is 1. The molecule has 0 amide bonds. The van der Waals surface area contributed by atoms with Crippen LogP contribution in [0.2, 0.25) is 0 Å². The van der Waals surface area contributed by atoms with Gasteiger partial charge in [0.15, 0.2) is 5.69 Å². The molecular formula is C16H19F3N4. The van der Waals surface area contributed by atoms with E-state index in [0.29, 0.717) is 0 Å². The number of fused-ring (bicyclic) bond motifs is 1. The van der Waals surface area contributed by atoms with Gasteiger partial charge in [-0.2, -0.15) is 18.3 Å². The zero-order chi connectivity index (χ0) is 16.4.